The lowest BCUT2D eigenvalue weighted by molar-refractivity contribution is -0.116. The molecule has 1 unspecified atom stereocenters. The van der Waals surface area contributed by atoms with Crippen molar-refractivity contribution in [2.75, 3.05) is 5.32 Å². The van der Waals surface area contributed by atoms with Gasteiger partial charge in [-0.3, -0.25) is 4.79 Å². The van der Waals surface area contributed by atoms with Crippen molar-refractivity contribution in [3.05, 3.63) is 41.6 Å². The molecule has 0 saturated carbocycles. The van der Waals surface area contributed by atoms with E-state index in [-0.39, 0.29) is 5.78 Å². The lowest BCUT2D eigenvalue weighted by atomic mass is 9.88. The summed E-state index contributed by atoms with van der Waals surface area (Å²) in [4.78, 5) is 11.7. The van der Waals surface area contributed by atoms with Crippen molar-refractivity contribution in [3.63, 3.8) is 0 Å². The average Bonchev–Trinajstić information content (AvgIpc) is 2.39. The SMILES string of the molecule is CCCC1CC(=O)C=C(Nc2ccccc2C#N)C1. The van der Waals surface area contributed by atoms with Crippen LogP contribution in [-0.2, 0) is 4.79 Å². The highest BCUT2D eigenvalue weighted by molar-refractivity contribution is 5.92. The standard InChI is InChI=1S/C16H18N2O/c1-2-5-12-8-14(10-15(19)9-12)18-16-7-4-3-6-13(16)11-17/h3-4,6-7,10,12,18H,2,5,8-9H2,1H3. The normalized spacial score (nSPS) is 18.6. The number of carbonyl (C=O) groups is 1. The zero-order valence-corrected chi connectivity index (χ0v) is 11.1. The Labute approximate surface area is 113 Å². The molecule has 0 heterocycles. The van der Waals surface area contributed by atoms with E-state index in [0.29, 0.717) is 17.9 Å². The van der Waals surface area contributed by atoms with Gasteiger partial charge in [0.1, 0.15) is 6.07 Å². The van der Waals surface area contributed by atoms with Crippen LogP contribution in [0.2, 0.25) is 0 Å². The van der Waals surface area contributed by atoms with Gasteiger partial charge in [0.25, 0.3) is 0 Å². The van der Waals surface area contributed by atoms with E-state index in [1.54, 1.807) is 12.1 Å². The largest absolute Gasteiger partial charge is 0.358 e. The van der Waals surface area contributed by atoms with Crippen molar-refractivity contribution in [3.8, 4) is 6.07 Å². The lowest BCUT2D eigenvalue weighted by Crippen LogP contribution is -2.18. The molecule has 0 spiro atoms. The Hall–Kier alpha value is -2.08. The summed E-state index contributed by atoms with van der Waals surface area (Å²) >= 11 is 0. The van der Waals surface area contributed by atoms with E-state index in [0.717, 1.165) is 30.6 Å². The number of hydrogen-bond donors (Lipinski definition) is 1. The van der Waals surface area contributed by atoms with Gasteiger partial charge in [0, 0.05) is 18.2 Å². The molecule has 3 nitrogen and oxygen atoms in total. The lowest BCUT2D eigenvalue weighted by Gasteiger charge is -2.22. The number of anilines is 1. The molecule has 1 N–H and O–H groups in total. The van der Waals surface area contributed by atoms with Crippen molar-refractivity contribution in [1.82, 2.24) is 0 Å². The molecule has 0 aliphatic heterocycles. The summed E-state index contributed by atoms with van der Waals surface area (Å²) in [7, 11) is 0. The van der Waals surface area contributed by atoms with Gasteiger partial charge in [0.05, 0.1) is 11.3 Å². The van der Waals surface area contributed by atoms with Crippen LogP contribution in [0.3, 0.4) is 0 Å². The Bertz CT molecular complexity index is 540. The van der Waals surface area contributed by atoms with E-state index in [1.807, 2.05) is 18.2 Å². The minimum atomic E-state index is 0.182. The highest BCUT2D eigenvalue weighted by Gasteiger charge is 2.20. The summed E-state index contributed by atoms with van der Waals surface area (Å²) in [6, 6.07) is 9.53. The summed E-state index contributed by atoms with van der Waals surface area (Å²) in [5.41, 5.74) is 2.31. The van der Waals surface area contributed by atoms with Crippen LogP contribution >= 0.6 is 0 Å². The van der Waals surface area contributed by atoms with E-state index in [2.05, 4.69) is 18.3 Å². The molecule has 19 heavy (non-hydrogen) atoms. The van der Waals surface area contributed by atoms with Crippen molar-refractivity contribution < 1.29 is 4.79 Å². The van der Waals surface area contributed by atoms with Crippen molar-refractivity contribution in [2.24, 2.45) is 5.92 Å². The van der Waals surface area contributed by atoms with Crippen LogP contribution in [0.4, 0.5) is 5.69 Å². The third-order valence-corrected chi connectivity index (χ3v) is 3.37. The first-order valence-electron chi connectivity index (χ1n) is 6.72. The van der Waals surface area contributed by atoms with Crippen LogP contribution in [0.1, 0.15) is 38.2 Å². The predicted molar refractivity (Wildman–Crippen MR) is 75.5 cm³/mol. The molecule has 1 aliphatic carbocycles. The maximum Gasteiger partial charge on any atom is 0.157 e. The Balaban J connectivity index is 2.14. The number of benzene rings is 1. The van der Waals surface area contributed by atoms with Crippen LogP contribution in [0.25, 0.3) is 0 Å². The first-order chi connectivity index (χ1) is 9.22. The maximum atomic E-state index is 11.7. The fourth-order valence-electron chi connectivity index (χ4n) is 2.54. The van der Waals surface area contributed by atoms with Gasteiger partial charge in [-0.2, -0.15) is 5.26 Å². The van der Waals surface area contributed by atoms with Gasteiger partial charge < -0.3 is 5.32 Å². The number of nitriles is 1. The number of hydrogen-bond acceptors (Lipinski definition) is 3. The fourth-order valence-corrected chi connectivity index (χ4v) is 2.54. The quantitative estimate of drug-likeness (QED) is 0.892. The highest BCUT2D eigenvalue weighted by atomic mass is 16.1. The van der Waals surface area contributed by atoms with Gasteiger partial charge in [0.15, 0.2) is 5.78 Å². The van der Waals surface area contributed by atoms with Crippen molar-refractivity contribution >= 4 is 11.5 Å². The van der Waals surface area contributed by atoms with E-state index in [4.69, 9.17) is 5.26 Å². The van der Waals surface area contributed by atoms with Crippen LogP contribution in [0, 0.1) is 17.2 Å². The number of allylic oxidation sites excluding steroid dienone is 2. The summed E-state index contributed by atoms with van der Waals surface area (Å²) in [6.45, 7) is 2.14. The van der Waals surface area contributed by atoms with E-state index < -0.39 is 0 Å². The fraction of sp³-hybridized carbons (Fsp3) is 0.375. The number of ketones is 1. The van der Waals surface area contributed by atoms with Gasteiger partial charge in [-0.1, -0.05) is 25.5 Å². The van der Waals surface area contributed by atoms with Crippen molar-refractivity contribution in [2.45, 2.75) is 32.6 Å². The molecule has 0 radical (unpaired) electrons. The van der Waals surface area contributed by atoms with Gasteiger partial charge in [-0.25, -0.2) is 0 Å². The van der Waals surface area contributed by atoms with Crippen LogP contribution < -0.4 is 5.32 Å². The minimum Gasteiger partial charge on any atom is -0.358 e. The third-order valence-electron chi connectivity index (χ3n) is 3.37. The Kier molecular flexibility index (Phi) is 4.35. The molecule has 2 rings (SSSR count). The molecule has 0 bridgehead atoms. The van der Waals surface area contributed by atoms with Gasteiger partial charge in [-0.15, -0.1) is 0 Å². The first-order valence-corrected chi connectivity index (χ1v) is 6.72. The smallest absolute Gasteiger partial charge is 0.157 e. The molecule has 0 amide bonds. The third kappa shape index (κ3) is 3.45. The van der Waals surface area contributed by atoms with Gasteiger partial charge >= 0.3 is 0 Å². The Morgan fingerprint density at radius 3 is 2.89 bits per heavy atom. The Morgan fingerprint density at radius 2 is 2.16 bits per heavy atom. The summed E-state index contributed by atoms with van der Waals surface area (Å²) in [5, 5.41) is 12.3. The number of nitrogens with one attached hydrogen (secondary N) is 1. The van der Waals surface area contributed by atoms with E-state index >= 15 is 0 Å². The molecule has 1 atom stereocenters. The van der Waals surface area contributed by atoms with Crippen molar-refractivity contribution in [1.29, 1.82) is 5.26 Å². The number of para-hydroxylation sites is 1. The van der Waals surface area contributed by atoms with Crippen LogP contribution in [-0.4, -0.2) is 5.78 Å². The average molecular weight is 254 g/mol. The number of nitrogens with zero attached hydrogens (tertiary/aromatic N) is 1. The molecule has 98 valence electrons. The molecule has 1 aliphatic rings. The van der Waals surface area contributed by atoms with E-state index in [1.165, 1.54) is 0 Å². The molecular formula is C16H18N2O. The van der Waals surface area contributed by atoms with E-state index in [9.17, 15) is 4.79 Å². The molecule has 1 aromatic carbocycles. The minimum absolute atomic E-state index is 0.182. The van der Waals surface area contributed by atoms with Crippen LogP contribution in [0.5, 0.6) is 0 Å². The number of rotatable bonds is 4. The summed E-state index contributed by atoms with van der Waals surface area (Å²) in [5.74, 6) is 0.612. The predicted octanol–water partition coefficient (Wildman–Crippen LogP) is 3.63. The molecular weight excluding hydrogens is 236 g/mol. The molecule has 0 fully saturated rings. The number of carbonyl (C=O) groups excluding carboxylic acids is 1. The molecule has 0 saturated heterocycles. The zero-order valence-electron chi connectivity index (χ0n) is 11.1. The molecule has 1 aromatic rings. The summed E-state index contributed by atoms with van der Waals surface area (Å²) in [6.07, 6.45) is 5.39. The second kappa shape index (κ2) is 6.19. The zero-order chi connectivity index (χ0) is 13.7. The maximum absolute atomic E-state index is 11.7. The Morgan fingerprint density at radius 1 is 1.37 bits per heavy atom. The highest BCUT2D eigenvalue weighted by Crippen LogP contribution is 2.27. The van der Waals surface area contributed by atoms with Crippen LogP contribution in [0.15, 0.2) is 36.0 Å². The molecule has 3 heteroatoms. The first kappa shape index (κ1) is 13.4. The van der Waals surface area contributed by atoms with Gasteiger partial charge in [0.2, 0.25) is 0 Å². The van der Waals surface area contributed by atoms with Gasteiger partial charge in [-0.05, 0) is 30.9 Å². The summed E-state index contributed by atoms with van der Waals surface area (Å²) < 4.78 is 0. The monoisotopic (exact) mass is 254 g/mol. The topological polar surface area (TPSA) is 52.9 Å². The second-order valence-corrected chi connectivity index (χ2v) is 4.98. The second-order valence-electron chi connectivity index (χ2n) is 4.98. The molecule has 0 aromatic heterocycles.